The summed E-state index contributed by atoms with van der Waals surface area (Å²) in [7, 11) is 2.90. The maximum absolute atomic E-state index is 12.2. The lowest BCUT2D eigenvalue weighted by atomic mass is 10.0. The van der Waals surface area contributed by atoms with Crippen LogP contribution in [0.25, 0.3) is 0 Å². The van der Waals surface area contributed by atoms with Gasteiger partial charge in [0.1, 0.15) is 11.9 Å². The Balaban J connectivity index is 2.54. The van der Waals surface area contributed by atoms with E-state index in [2.05, 4.69) is 11.9 Å². The number of hydrogen-bond acceptors (Lipinski definition) is 4. The Kier molecular flexibility index (Phi) is 5.38. The molecule has 1 aromatic carbocycles. The van der Waals surface area contributed by atoms with Gasteiger partial charge in [-0.25, -0.2) is 4.79 Å². The number of anilines is 1. The van der Waals surface area contributed by atoms with Crippen LogP contribution in [0.3, 0.4) is 0 Å². The van der Waals surface area contributed by atoms with Gasteiger partial charge in [-0.1, -0.05) is 36.4 Å². The van der Waals surface area contributed by atoms with Crippen LogP contribution in [0.1, 0.15) is 30.0 Å². The van der Waals surface area contributed by atoms with Gasteiger partial charge in [-0.05, 0) is 18.4 Å². The third kappa shape index (κ3) is 3.30. The number of nitriles is 1. The standard InChI is InChI=1S/C18H20N4O2/c1-4-5-11-15(13-9-7-6-8-10-13)20-16-14(12-19)17(23)22(3)18(24)21(16)2/h4,6-10,15,20H,1,5,11H2,2-3H3. The summed E-state index contributed by atoms with van der Waals surface area (Å²) in [6.45, 7) is 3.74. The molecule has 1 unspecified atom stereocenters. The number of hydrogen-bond donors (Lipinski definition) is 1. The van der Waals surface area contributed by atoms with Crippen LogP contribution in [0, 0.1) is 11.3 Å². The maximum Gasteiger partial charge on any atom is 0.332 e. The van der Waals surface area contributed by atoms with Crippen LogP contribution in [0.4, 0.5) is 5.82 Å². The second kappa shape index (κ2) is 7.47. The van der Waals surface area contributed by atoms with E-state index in [4.69, 9.17) is 0 Å². The zero-order valence-electron chi connectivity index (χ0n) is 13.8. The topological polar surface area (TPSA) is 79.8 Å². The van der Waals surface area contributed by atoms with Gasteiger partial charge in [-0.15, -0.1) is 6.58 Å². The molecule has 2 aromatic rings. The van der Waals surface area contributed by atoms with Crippen molar-refractivity contribution < 1.29 is 0 Å². The molecule has 0 bridgehead atoms. The number of aromatic nitrogens is 2. The van der Waals surface area contributed by atoms with E-state index in [1.165, 1.54) is 11.6 Å². The van der Waals surface area contributed by atoms with E-state index >= 15 is 0 Å². The van der Waals surface area contributed by atoms with E-state index in [0.29, 0.717) is 0 Å². The van der Waals surface area contributed by atoms with E-state index in [9.17, 15) is 14.9 Å². The SMILES string of the molecule is C=CCCC(Nc1c(C#N)c(=O)n(C)c(=O)n1C)c1ccccc1. The lowest BCUT2D eigenvalue weighted by Crippen LogP contribution is -2.40. The molecule has 0 amide bonds. The highest BCUT2D eigenvalue weighted by Crippen LogP contribution is 2.24. The summed E-state index contributed by atoms with van der Waals surface area (Å²) in [5.41, 5.74) is -0.133. The molecule has 0 aliphatic heterocycles. The van der Waals surface area contributed by atoms with Crippen LogP contribution in [0.2, 0.25) is 0 Å². The Morgan fingerprint density at radius 3 is 2.50 bits per heavy atom. The fourth-order valence-corrected chi connectivity index (χ4v) is 2.57. The van der Waals surface area contributed by atoms with Gasteiger partial charge < -0.3 is 5.32 Å². The summed E-state index contributed by atoms with van der Waals surface area (Å²) in [6, 6.07) is 11.5. The minimum atomic E-state index is -0.598. The van der Waals surface area contributed by atoms with E-state index in [-0.39, 0.29) is 17.4 Å². The number of allylic oxidation sites excluding steroid dienone is 1. The average Bonchev–Trinajstić information content (AvgIpc) is 2.61. The van der Waals surface area contributed by atoms with Gasteiger partial charge in [0.15, 0.2) is 5.56 Å². The molecule has 24 heavy (non-hydrogen) atoms. The highest BCUT2D eigenvalue weighted by atomic mass is 16.2. The molecule has 1 atom stereocenters. The van der Waals surface area contributed by atoms with Crippen LogP contribution < -0.4 is 16.6 Å². The first-order valence-corrected chi connectivity index (χ1v) is 7.63. The van der Waals surface area contributed by atoms with E-state index < -0.39 is 11.2 Å². The molecule has 6 heteroatoms. The zero-order chi connectivity index (χ0) is 17.7. The van der Waals surface area contributed by atoms with Gasteiger partial charge in [0, 0.05) is 14.1 Å². The average molecular weight is 324 g/mol. The van der Waals surface area contributed by atoms with Crippen molar-refractivity contribution in [3.63, 3.8) is 0 Å². The van der Waals surface area contributed by atoms with Crippen LogP contribution in [-0.4, -0.2) is 9.13 Å². The smallest absolute Gasteiger partial charge is 0.332 e. The van der Waals surface area contributed by atoms with Crippen LogP contribution in [-0.2, 0) is 14.1 Å². The molecule has 124 valence electrons. The molecule has 0 fully saturated rings. The van der Waals surface area contributed by atoms with E-state index in [1.54, 1.807) is 7.05 Å². The summed E-state index contributed by atoms with van der Waals surface area (Å²) < 4.78 is 2.23. The zero-order valence-corrected chi connectivity index (χ0v) is 13.8. The lowest BCUT2D eigenvalue weighted by molar-refractivity contribution is 0.654. The minimum absolute atomic E-state index is 0.0702. The molecule has 1 heterocycles. The molecule has 0 saturated carbocycles. The predicted octanol–water partition coefficient (Wildman–Crippen LogP) is 2.08. The number of benzene rings is 1. The molecule has 2 rings (SSSR count). The predicted molar refractivity (Wildman–Crippen MR) is 93.9 cm³/mol. The molecule has 0 radical (unpaired) electrons. The number of nitrogens with zero attached hydrogens (tertiary/aromatic N) is 3. The molecule has 0 aliphatic carbocycles. The van der Waals surface area contributed by atoms with Gasteiger partial charge in [0.05, 0.1) is 6.04 Å². The molecule has 1 N–H and O–H groups in total. The first-order chi connectivity index (χ1) is 11.5. The van der Waals surface area contributed by atoms with Crippen molar-refractivity contribution in [2.24, 2.45) is 14.1 Å². The Hall–Kier alpha value is -3.07. The Morgan fingerprint density at radius 1 is 1.25 bits per heavy atom. The van der Waals surface area contributed by atoms with Crippen LogP contribution in [0.5, 0.6) is 0 Å². The second-order valence-electron chi connectivity index (χ2n) is 5.51. The first-order valence-electron chi connectivity index (χ1n) is 7.63. The van der Waals surface area contributed by atoms with Crippen molar-refractivity contribution in [1.29, 1.82) is 5.26 Å². The highest BCUT2D eigenvalue weighted by molar-refractivity contribution is 5.52. The molecule has 0 saturated heterocycles. The monoisotopic (exact) mass is 324 g/mol. The molecular formula is C18H20N4O2. The normalized spacial score (nSPS) is 11.5. The third-order valence-corrected chi connectivity index (χ3v) is 3.95. The Bertz CT molecular complexity index is 888. The van der Waals surface area contributed by atoms with Gasteiger partial charge in [-0.3, -0.25) is 13.9 Å². The van der Waals surface area contributed by atoms with Crippen molar-refractivity contribution in [2.45, 2.75) is 18.9 Å². The molecule has 1 aromatic heterocycles. The lowest BCUT2D eigenvalue weighted by Gasteiger charge is -2.22. The minimum Gasteiger partial charge on any atom is -0.363 e. The maximum atomic E-state index is 12.2. The Morgan fingerprint density at radius 2 is 1.92 bits per heavy atom. The molecule has 0 aliphatic rings. The summed E-state index contributed by atoms with van der Waals surface area (Å²) in [6.07, 6.45) is 3.29. The Labute approximate surface area is 140 Å². The van der Waals surface area contributed by atoms with Gasteiger partial charge in [0.2, 0.25) is 0 Å². The first kappa shape index (κ1) is 17.3. The molecular weight excluding hydrogens is 304 g/mol. The van der Waals surface area contributed by atoms with E-state index in [1.807, 2.05) is 42.5 Å². The van der Waals surface area contributed by atoms with Crippen LogP contribution >= 0.6 is 0 Å². The largest absolute Gasteiger partial charge is 0.363 e. The fourth-order valence-electron chi connectivity index (χ4n) is 2.57. The summed E-state index contributed by atoms with van der Waals surface area (Å²) >= 11 is 0. The summed E-state index contributed by atoms with van der Waals surface area (Å²) in [4.78, 5) is 24.4. The van der Waals surface area contributed by atoms with Crippen molar-refractivity contribution in [1.82, 2.24) is 9.13 Å². The third-order valence-electron chi connectivity index (χ3n) is 3.95. The molecule has 0 spiro atoms. The van der Waals surface area contributed by atoms with Crippen molar-refractivity contribution >= 4 is 5.82 Å². The quantitative estimate of drug-likeness (QED) is 0.825. The summed E-state index contributed by atoms with van der Waals surface area (Å²) in [5.74, 6) is 0.239. The highest BCUT2D eigenvalue weighted by Gasteiger charge is 2.19. The number of nitrogens with one attached hydrogen (secondary N) is 1. The second-order valence-corrected chi connectivity index (χ2v) is 5.51. The fraction of sp³-hybridized carbons (Fsp3) is 0.278. The van der Waals surface area contributed by atoms with Gasteiger partial charge >= 0.3 is 5.69 Å². The van der Waals surface area contributed by atoms with Gasteiger partial charge in [-0.2, -0.15) is 5.26 Å². The van der Waals surface area contributed by atoms with E-state index in [0.717, 1.165) is 23.0 Å². The molecule has 6 nitrogen and oxygen atoms in total. The van der Waals surface area contributed by atoms with Gasteiger partial charge in [0.25, 0.3) is 5.56 Å². The number of rotatable bonds is 6. The summed E-state index contributed by atoms with van der Waals surface area (Å²) in [5, 5.41) is 12.6. The van der Waals surface area contributed by atoms with Crippen molar-refractivity contribution in [3.05, 3.63) is 75.0 Å². The van der Waals surface area contributed by atoms with Crippen LogP contribution in [0.15, 0.2) is 52.6 Å². The van der Waals surface area contributed by atoms with Crippen molar-refractivity contribution in [2.75, 3.05) is 5.32 Å². The van der Waals surface area contributed by atoms with Crippen molar-refractivity contribution in [3.8, 4) is 6.07 Å².